The molecule has 0 amide bonds. The van der Waals surface area contributed by atoms with Crippen LogP contribution in [0.1, 0.15) is 18.4 Å². The van der Waals surface area contributed by atoms with Gasteiger partial charge in [-0.2, -0.15) is 0 Å². The van der Waals surface area contributed by atoms with Crippen molar-refractivity contribution in [3.63, 3.8) is 0 Å². The number of rotatable bonds is 2. The van der Waals surface area contributed by atoms with Crippen molar-refractivity contribution in [1.82, 2.24) is 4.98 Å². The first-order valence-electron chi connectivity index (χ1n) is 5.34. The van der Waals surface area contributed by atoms with Gasteiger partial charge in [0.2, 0.25) is 0 Å². The van der Waals surface area contributed by atoms with Gasteiger partial charge in [-0.25, -0.2) is 4.39 Å². The molecule has 3 rings (SSSR count). The molecule has 5 heteroatoms. The number of benzene rings is 1. The second-order valence-corrected chi connectivity index (χ2v) is 4.27. The quantitative estimate of drug-likeness (QED) is 0.590. The van der Waals surface area contributed by atoms with Crippen molar-refractivity contribution in [3.8, 4) is 0 Å². The highest BCUT2D eigenvalue weighted by atomic mass is 19.1. The molecule has 0 spiro atoms. The van der Waals surface area contributed by atoms with E-state index in [2.05, 4.69) is 4.98 Å². The summed E-state index contributed by atoms with van der Waals surface area (Å²) in [5.41, 5.74) is -0.525. The summed E-state index contributed by atoms with van der Waals surface area (Å²) in [5, 5.41) is 11.4. The van der Waals surface area contributed by atoms with Gasteiger partial charge in [-0.1, -0.05) is 18.2 Å². The maximum atomic E-state index is 14.2. The molecule has 17 heavy (non-hydrogen) atoms. The highest BCUT2D eigenvalue weighted by Gasteiger charge is 2.47. The zero-order valence-corrected chi connectivity index (χ0v) is 8.89. The Morgan fingerprint density at radius 2 is 2.06 bits per heavy atom. The number of hydrogen-bond donors (Lipinski definition) is 0. The van der Waals surface area contributed by atoms with Crippen LogP contribution < -0.4 is 0 Å². The molecule has 1 saturated carbocycles. The summed E-state index contributed by atoms with van der Waals surface area (Å²) in [6.07, 6.45) is 0.857. The molecule has 0 bridgehead atoms. The van der Waals surface area contributed by atoms with E-state index in [1.165, 1.54) is 6.07 Å². The van der Waals surface area contributed by atoms with Gasteiger partial charge in [-0.15, -0.1) is 0 Å². The smallest absolute Gasteiger partial charge is 0.358 e. The second-order valence-electron chi connectivity index (χ2n) is 4.27. The number of halogens is 1. The van der Waals surface area contributed by atoms with Crippen LogP contribution in [0.15, 0.2) is 30.3 Å². The van der Waals surface area contributed by atoms with Crippen molar-refractivity contribution in [2.45, 2.75) is 18.5 Å². The monoisotopic (exact) mass is 232 g/mol. The predicted molar refractivity (Wildman–Crippen MR) is 60.4 cm³/mol. The largest absolute Gasteiger partial charge is 0.364 e. The van der Waals surface area contributed by atoms with Crippen LogP contribution in [0.2, 0.25) is 0 Å². The lowest BCUT2D eigenvalue weighted by Gasteiger charge is -2.07. The summed E-state index contributed by atoms with van der Waals surface area (Å²) in [7, 11) is 0. The van der Waals surface area contributed by atoms with Crippen molar-refractivity contribution in [1.29, 1.82) is 0 Å². The minimum Gasteiger partial charge on any atom is -0.358 e. The number of para-hydroxylation sites is 1. The Hall–Kier alpha value is -2.04. The molecule has 0 atom stereocenters. The maximum absolute atomic E-state index is 14.2. The summed E-state index contributed by atoms with van der Waals surface area (Å²) < 4.78 is 14.2. The number of fused-ring (bicyclic) bond motifs is 1. The van der Waals surface area contributed by atoms with Crippen LogP contribution in [0.3, 0.4) is 0 Å². The van der Waals surface area contributed by atoms with Gasteiger partial charge in [0.15, 0.2) is 5.52 Å². The van der Waals surface area contributed by atoms with Crippen LogP contribution in [0.25, 0.3) is 10.9 Å². The van der Waals surface area contributed by atoms with E-state index in [1.807, 2.05) is 0 Å². The Kier molecular flexibility index (Phi) is 1.92. The molecule has 1 fully saturated rings. The molecule has 1 aliphatic rings. The van der Waals surface area contributed by atoms with Gasteiger partial charge in [-0.3, -0.25) is 0 Å². The molecule has 0 saturated heterocycles. The number of alkyl halides is 1. The lowest BCUT2D eigenvalue weighted by molar-refractivity contribution is -0.389. The zero-order valence-electron chi connectivity index (χ0n) is 8.89. The fraction of sp³-hybridized carbons (Fsp3) is 0.250. The van der Waals surface area contributed by atoms with E-state index >= 15 is 0 Å². The Morgan fingerprint density at radius 3 is 2.71 bits per heavy atom. The van der Waals surface area contributed by atoms with Crippen LogP contribution in [-0.4, -0.2) is 9.91 Å². The summed E-state index contributed by atoms with van der Waals surface area (Å²) >= 11 is 0. The molecule has 86 valence electrons. The number of nitrogens with zero attached hydrogens (tertiary/aromatic N) is 2. The van der Waals surface area contributed by atoms with Crippen LogP contribution in [-0.2, 0) is 5.67 Å². The van der Waals surface area contributed by atoms with Crippen molar-refractivity contribution in [2.75, 3.05) is 0 Å². The van der Waals surface area contributed by atoms with E-state index in [1.54, 1.807) is 24.3 Å². The third kappa shape index (κ3) is 1.54. The molecular formula is C12H9FN2O2. The predicted octanol–water partition coefficient (Wildman–Crippen LogP) is 3.10. The third-order valence-corrected chi connectivity index (χ3v) is 3.06. The van der Waals surface area contributed by atoms with Crippen LogP contribution >= 0.6 is 0 Å². The number of nitro groups is 1. The average molecular weight is 232 g/mol. The third-order valence-electron chi connectivity index (χ3n) is 3.06. The first-order valence-corrected chi connectivity index (χ1v) is 5.34. The molecule has 1 heterocycles. The van der Waals surface area contributed by atoms with E-state index in [4.69, 9.17) is 0 Å². The molecule has 1 aromatic carbocycles. The van der Waals surface area contributed by atoms with E-state index < -0.39 is 10.6 Å². The van der Waals surface area contributed by atoms with E-state index in [9.17, 15) is 14.5 Å². The number of hydrogen-bond acceptors (Lipinski definition) is 3. The van der Waals surface area contributed by atoms with Gasteiger partial charge in [0.25, 0.3) is 0 Å². The zero-order chi connectivity index (χ0) is 12.0. The molecule has 1 aliphatic carbocycles. The molecule has 1 aromatic heterocycles. The molecule has 0 radical (unpaired) electrons. The van der Waals surface area contributed by atoms with Crippen LogP contribution in [0.4, 0.5) is 10.2 Å². The van der Waals surface area contributed by atoms with Gasteiger partial charge in [-0.05, 0) is 28.8 Å². The Balaban J connectivity index is 2.33. The van der Waals surface area contributed by atoms with Crippen molar-refractivity contribution < 1.29 is 9.31 Å². The van der Waals surface area contributed by atoms with Gasteiger partial charge in [0.1, 0.15) is 5.67 Å². The van der Waals surface area contributed by atoms with Crippen molar-refractivity contribution in [2.24, 2.45) is 0 Å². The lowest BCUT2D eigenvalue weighted by atomic mass is 10.0. The molecule has 0 N–H and O–H groups in total. The van der Waals surface area contributed by atoms with Gasteiger partial charge in [0.05, 0.1) is 0 Å². The summed E-state index contributed by atoms with van der Waals surface area (Å²) in [4.78, 5) is 14.1. The fourth-order valence-corrected chi connectivity index (χ4v) is 2.00. The summed E-state index contributed by atoms with van der Waals surface area (Å²) in [5.74, 6) is -0.289. The SMILES string of the molecule is O=[N+]([O-])c1cc(C2(F)CC2)c2ccccc2n1. The lowest BCUT2D eigenvalue weighted by Crippen LogP contribution is -2.02. The highest BCUT2D eigenvalue weighted by molar-refractivity contribution is 5.84. The first kappa shape index (κ1) is 10.1. The van der Waals surface area contributed by atoms with Crippen LogP contribution in [0.5, 0.6) is 0 Å². The first-order chi connectivity index (χ1) is 8.10. The second kappa shape index (κ2) is 3.23. The van der Waals surface area contributed by atoms with Crippen LogP contribution in [0, 0.1) is 10.1 Å². The number of aromatic nitrogens is 1. The average Bonchev–Trinajstić information content (AvgIpc) is 3.07. The maximum Gasteiger partial charge on any atom is 0.364 e. The van der Waals surface area contributed by atoms with E-state index in [0.29, 0.717) is 29.3 Å². The Bertz CT molecular complexity index is 623. The highest BCUT2D eigenvalue weighted by Crippen LogP contribution is 2.51. The van der Waals surface area contributed by atoms with Gasteiger partial charge < -0.3 is 10.1 Å². The van der Waals surface area contributed by atoms with Gasteiger partial charge >= 0.3 is 5.82 Å². The normalized spacial score (nSPS) is 17.0. The fourth-order valence-electron chi connectivity index (χ4n) is 2.00. The summed E-state index contributed by atoms with van der Waals surface area (Å²) in [6, 6.07) is 8.19. The topological polar surface area (TPSA) is 56.0 Å². The molecule has 0 unspecified atom stereocenters. The molecular weight excluding hydrogens is 223 g/mol. The van der Waals surface area contributed by atoms with E-state index in [0.717, 1.165) is 0 Å². The van der Waals surface area contributed by atoms with E-state index in [-0.39, 0.29) is 5.82 Å². The minimum atomic E-state index is -1.40. The summed E-state index contributed by atoms with van der Waals surface area (Å²) in [6.45, 7) is 0. The van der Waals surface area contributed by atoms with Gasteiger partial charge in [0, 0.05) is 17.0 Å². The van der Waals surface area contributed by atoms with Crippen molar-refractivity contribution >= 4 is 16.7 Å². The standard InChI is InChI=1S/C12H9FN2O2/c13-12(5-6-12)9-7-11(15(16)17)14-10-4-2-1-3-8(9)10/h1-4,7H,5-6H2. The van der Waals surface area contributed by atoms with Crippen molar-refractivity contribution in [3.05, 3.63) is 46.0 Å². The minimum absolute atomic E-state index is 0.289. The Labute approximate surface area is 96.2 Å². The molecule has 0 aliphatic heterocycles. The molecule has 4 nitrogen and oxygen atoms in total. The molecule has 2 aromatic rings. The number of pyridine rings is 1. The Morgan fingerprint density at radius 1 is 1.35 bits per heavy atom.